The zero-order valence-electron chi connectivity index (χ0n) is 8.44. The highest BCUT2D eigenvalue weighted by molar-refractivity contribution is 6.28. The summed E-state index contributed by atoms with van der Waals surface area (Å²) in [5.41, 5.74) is 0.379. The highest BCUT2D eigenvalue weighted by atomic mass is 35.5. The quantitative estimate of drug-likeness (QED) is 0.337. The number of nitrogens with zero attached hydrogens (tertiary/aromatic N) is 3. The first kappa shape index (κ1) is 11.8. The summed E-state index contributed by atoms with van der Waals surface area (Å²) in [5, 5.41) is 10.7. The second-order valence-electron chi connectivity index (χ2n) is 3.19. The molecule has 0 aliphatic heterocycles. The second-order valence-corrected chi connectivity index (χ2v) is 3.52. The van der Waals surface area contributed by atoms with E-state index in [4.69, 9.17) is 11.6 Å². The summed E-state index contributed by atoms with van der Waals surface area (Å²) in [7, 11) is 0. The van der Waals surface area contributed by atoms with Gasteiger partial charge in [0.15, 0.2) is 0 Å². The third-order valence-corrected chi connectivity index (χ3v) is 2.21. The molecule has 15 heavy (non-hydrogen) atoms. The molecule has 82 valence electrons. The van der Waals surface area contributed by atoms with Gasteiger partial charge in [0.05, 0.1) is 4.92 Å². The Morgan fingerprint density at radius 1 is 1.53 bits per heavy atom. The molecule has 0 aromatic carbocycles. The minimum atomic E-state index is -0.475. The number of aromatic nitrogens is 2. The molecule has 0 atom stereocenters. The van der Waals surface area contributed by atoms with E-state index >= 15 is 0 Å². The summed E-state index contributed by atoms with van der Waals surface area (Å²) in [4.78, 5) is 17.7. The summed E-state index contributed by atoms with van der Waals surface area (Å²) in [6, 6.07) is 0. The van der Waals surface area contributed by atoms with E-state index in [0.29, 0.717) is 12.1 Å². The third kappa shape index (κ3) is 3.43. The zero-order valence-corrected chi connectivity index (χ0v) is 9.20. The maximum Gasteiger partial charge on any atom is 0.308 e. The lowest BCUT2D eigenvalue weighted by molar-refractivity contribution is -0.386. The SMILES string of the molecule is CCCCCc1nc(Cl)ncc1[N+](=O)[O-]. The average Bonchev–Trinajstić information content (AvgIpc) is 2.18. The van der Waals surface area contributed by atoms with Gasteiger partial charge < -0.3 is 0 Å². The van der Waals surface area contributed by atoms with E-state index in [-0.39, 0.29) is 11.0 Å². The fourth-order valence-corrected chi connectivity index (χ4v) is 1.42. The van der Waals surface area contributed by atoms with Gasteiger partial charge in [-0.15, -0.1) is 0 Å². The van der Waals surface area contributed by atoms with Crippen molar-refractivity contribution >= 4 is 17.3 Å². The fraction of sp³-hybridized carbons (Fsp3) is 0.556. The van der Waals surface area contributed by atoms with Gasteiger partial charge in [-0.2, -0.15) is 0 Å². The van der Waals surface area contributed by atoms with Gasteiger partial charge in [0.1, 0.15) is 11.9 Å². The van der Waals surface area contributed by atoms with Crippen LogP contribution in [0.3, 0.4) is 0 Å². The Morgan fingerprint density at radius 2 is 2.27 bits per heavy atom. The van der Waals surface area contributed by atoms with Crippen LogP contribution in [0.4, 0.5) is 5.69 Å². The van der Waals surface area contributed by atoms with Gasteiger partial charge in [-0.05, 0) is 24.4 Å². The van der Waals surface area contributed by atoms with Crippen LogP contribution in [0.25, 0.3) is 0 Å². The van der Waals surface area contributed by atoms with E-state index in [1.54, 1.807) is 0 Å². The minimum absolute atomic E-state index is 0.0458. The highest BCUT2D eigenvalue weighted by Gasteiger charge is 2.15. The van der Waals surface area contributed by atoms with Crippen LogP contribution in [-0.2, 0) is 6.42 Å². The van der Waals surface area contributed by atoms with Crippen LogP contribution in [0.5, 0.6) is 0 Å². The van der Waals surface area contributed by atoms with Gasteiger partial charge in [-0.25, -0.2) is 9.97 Å². The van der Waals surface area contributed by atoms with Crippen molar-refractivity contribution < 1.29 is 4.92 Å². The number of unbranched alkanes of at least 4 members (excludes halogenated alkanes) is 2. The standard InChI is InChI=1S/C9H12ClN3O2/c1-2-3-4-5-7-8(13(14)15)6-11-9(10)12-7/h6H,2-5H2,1H3. The van der Waals surface area contributed by atoms with Crippen molar-refractivity contribution in [3.8, 4) is 0 Å². The number of rotatable bonds is 5. The monoisotopic (exact) mass is 229 g/mol. The molecule has 1 aromatic heterocycles. The van der Waals surface area contributed by atoms with E-state index < -0.39 is 4.92 Å². The van der Waals surface area contributed by atoms with Gasteiger partial charge in [0.2, 0.25) is 5.28 Å². The summed E-state index contributed by atoms with van der Waals surface area (Å²) >= 11 is 5.59. The number of aryl methyl sites for hydroxylation is 1. The van der Waals surface area contributed by atoms with E-state index in [1.807, 2.05) is 0 Å². The number of hydrogen-bond acceptors (Lipinski definition) is 4. The molecule has 0 amide bonds. The normalized spacial score (nSPS) is 10.3. The van der Waals surface area contributed by atoms with Gasteiger partial charge in [-0.1, -0.05) is 19.8 Å². The Hall–Kier alpha value is -1.23. The molecule has 0 fully saturated rings. The average molecular weight is 230 g/mol. The van der Waals surface area contributed by atoms with Gasteiger partial charge >= 0.3 is 5.69 Å². The summed E-state index contributed by atoms with van der Waals surface area (Å²) < 4.78 is 0. The Morgan fingerprint density at radius 3 is 2.87 bits per heavy atom. The van der Waals surface area contributed by atoms with E-state index in [0.717, 1.165) is 25.5 Å². The molecule has 0 bridgehead atoms. The highest BCUT2D eigenvalue weighted by Crippen LogP contribution is 2.18. The van der Waals surface area contributed by atoms with Crippen molar-refractivity contribution in [3.63, 3.8) is 0 Å². The maximum atomic E-state index is 10.6. The van der Waals surface area contributed by atoms with Crippen molar-refractivity contribution in [2.75, 3.05) is 0 Å². The molecule has 1 aromatic rings. The first-order valence-corrected chi connectivity index (χ1v) is 5.18. The van der Waals surface area contributed by atoms with E-state index in [2.05, 4.69) is 16.9 Å². The maximum absolute atomic E-state index is 10.6. The minimum Gasteiger partial charge on any atom is -0.258 e. The molecule has 0 aliphatic rings. The van der Waals surface area contributed by atoms with E-state index in [1.165, 1.54) is 0 Å². The van der Waals surface area contributed by atoms with Gasteiger partial charge in [-0.3, -0.25) is 10.1 Å². The van der Waals surface area contributed by atoms with Gasteiger partial charge in [0.25, 0.3) is 0 Å². The van der Waals surface area contributed by atoms with Crippen LogP contribution in [0.15, 0.2) is 6.20 Å². The molecule has 0 aliphatic carbocycles. The number of nitro groups is 1. The molecule has 0 N–H and O–H groups in total. The zero-order chi connectivity index (χ0) is 11.3. The van der Waals surface area contributed by atoms with Crippen LogP contribution in [-0.4, -0.2) is 14.9 Å². The van der Waals surface area contributed by atoms with Crippen LogP contribution in [0, 0.1) is 10.1 Å². The molecule has 0 saturated carbocycles. The molecular formula is C9H12ClN3O2. The number of halogens is 1. The van der Waals surface area contributed by atoms with Crippen molar-refractivity contribution in [2.45, 2.75) is 32.6 Å². The lowest BCUT2D eigenvalue weighted by Crippen LogP contribution is -2.00. The molecule has 6 heteroatoms. The lowest BCUT2D eigenvalue weighted by Gasteiger charge is -2.01. The Balaban J connectivity index is 2.82. The fourth-order valence-electron chi connectivity index (χ4n) is 1.27. The summed E-state index contributed by atoms with van der Waals surface area (Å²) in [6.45, 7) is 2.07. The van der Waals surface area contributed by atoms with Gasteiger partial charge in [0, 0.05) is 0 Å². The van der Waals surface area contributed by atoms with Crippen molar-refractivity contribution in [3.05, 3.63) is 27.3 Å². The topological polar surface area (TPSA) is 68.9 Å². The number of hydrogen-bond donors (Lipinski definition) is 0. The van der Waals surface area contributed by atoms with Crippen LogP contribution < -0.4 is 0 Å². The van der Waals surface area contributed by atoms with Crippen LogP contribution in [0.1, 0.15) is 31.9 Å². The first-order chi connectivity index (χ1) is 7.15. The Bertz CT molecular complexity index is 357. The molecule has 0 radical (unpaired) electrons. The van der Waals surface area contributed by atoms with E-state index in [9.17, 15) is 10.1 Å². The largest absolute Gasteiger partial charge is 0.308 e. The molecule has 0 saturated heterocycles. The van der Waals surface area contributed by atoms with Crippen molar-refractivity contribution in [1.29, 1.82) is 0 Å². The van der Waals surface area contributed by atoms with Crippen LogP contribution in [0.2, 0.25) is 5.28 Å². The molecule has 0 spiro atoms. The molecule has 5 nitrogen and oxygen atoms in total. The molecule has 1 rings (SSSR count). The van der Waals surface area contributed by atoms with Crippen molar-refractivity contribution in [2.24, 2.45) is 0 Å². The first-order valence-electron chi connectivity index (χ1n) is 4.81. The third-order valence-electron chi connectivity index (χ3n) is 2.03. The molecular weight excluding hydrogens is 218 g/mol. The van der Waals surface area contributed by atoms with Crippen LogP contribution >= 0.6 is 11.6 Å². The molecule has 0 unspecified atom stereocenters. The smallest absolute Gasteiger partial charge is 0.258 e. The Labute approximate surface area is 92.7 Å². The summed E-state index contributed by atoms with van der Waals surface area (Å²) in [6.07, 6.45) is 4.71. The lowest BCUT2D eigenvalue weighted by atomic mass is 10.1. The predicted octanol–water partition coefficient (Wildman–Crippen LogP) is 2.77. The predicted molar refractivity (Wildman–Crippen MR) is 56.9 cm³/mol. The van der Waals surface area contributed by atoms with Crippen molar-refractivity contribution in [1.82, 2.24) is 9.97 Å². The summed E-state index contributed by atoms with van der Waals surface area (Å²) in [5.74, 6) is 0. The second kappa shape index (κ2) is 5.60. The Kier molecular flexibility index (Phi) is 4.42. The molecule has 1 heterocycles.